The summed E-state index contributed by atoms with van der Waals surface area (Å²) in [5, 5.41) is 5.71. The summed E-state index contributed by atoms with van der Waals surface area (Å²) >= 11 is 0. The van der Waals surface area contributed by atoms with E-state index >= 15 is 0 Å². The lowest BCUT2D eigenvalue weighted by atomic mass is 10.1. The van der Waals surface area contributed by atoms with Gasteiger partial charge in [-0.05, 0) is 74.1 Å². The van der Waals surface area contributed by atoms with Crippen molar-refractivity contribution in [3.63, 3.8) is 0 Å². The Bertz CT molecular complexity index is 1010. The molecule has 7 heteroatoms. The van der Waals surface area contributed by atoms with E-state index in [2.05, 4.69) is 10.6 Å². The van der Waals surface area contributed by atoms with Gasteiger partial charge in [-0.15, -0.1) is 0 Å². The number of nitrogens with zero attached hydrogens (tertiary/aromatic N) is 1. The van der Waals surface area contributed by atoms with Crippen molar-refractivity contribution in [2.24, 2.45) is 5.92 Å². The molecule has 2 aromatic rings. The van der Waals surface area contributed by atoms with Gasteiger partial charge in [0.15, 0.2) is 0 Å². The molecule has 1 saturated carbocycles. The van der Waals surface area contributed by atoms with E-state index in [1.165, 1.54) is 24.8 Å². The number of amides is 3. The molecule has 1 saturated heterocycles. The lowest BCUT2D eigenvalue weighted by molar-refractivity contribution is -0.134. The minimum Gasteiger partial charge on any atom is -0.397 e. The van der Waals surface area contributed by atoms with E-state index in [1.807, 2.05) is 18.2 Å². The number of nitrogens with two attached hydrogens (primary N) is 1. The largest absolute Gasteiger partial charge is 0.397 e. The van der Waals surface area contributed by atoms with Crippen molar-refractivity contribution in [3.8, 4) is 0 Å². The van der Waals surface area contributed by atoms with E-state index < -0.39 is 6.04 Å². The van der Waals surface area contributed by atoms with Crippen molar-refractivity contribution in [1.29, 1.82) is 0 Å². The van der Waals surface area contributed by atoms with Gasteiger partial charge in [0.2, 0.25) is 11.8 Å². The predicted octanol–water partition coefficient (Wildman–Crippen LogP) is 3.81. The molecule has 3 amide bonds. The molecular weight excluding hydrogens is 404 g/mol. The number of aryl methyl sites for hydroxylation is 1. The third kappa shape index (κ3) is 5.28. The lowest BCUT2D eigenvalue weighted by Gasteiger charge is -2.23. The van der Waals surface area contributed by atoms with Gasteiger partial charge in [0, 0.05) is 24.2 Å². The average molecular weight is 435 g/mol. The number of anilines is 3. The molecule has 0 bridgehead atoms. The minimum absolute atomic E-state index is 0.00977. The van der Waals surface area contributed by atoms with Gasteiger partial charge in [-0.1, -0.05) is 18.9 Å². The monoisotopic (exact) mass is 434 g/mol. The first-order valence-corrected chi connectivity index (χ1v) is 11.3. The van der Waals surface area contributed by atoms with Gasteiger partial charge >= 0.3 is 0 Å². The van der Waals surface area contributed by atoms with Gasteiger partial charge in [-0.3, -0.25) is 14.4 Å². The Balaban J connectivity index is 1.35. The standard InChI is InChI=1S/C25H30N4O3/c1-16(29-14-2-3-23(29)30)24(31)27-20-11-9-19(10-12-20)25(32)28-22-15-18(8-13-21(22)26)7-6-17-4-5-17/h8-13,15-17H,2-7,14,26H2,1H3,(H,27,31)(H,28,32). The average Bonchev–Trinajstić information content (AvgIpc) is 3.52. The summed E-state index contributed by atoms with van der Waals surface area (Å²) in [5.74, 6) is 0.358. The smallest absolute Gasteiger partial charge is 0.255 e. The van der Waals surface area contributed by atoms with Crippen LogP contribution in [0.5, 0.6) is 0 Å². The van der Waals surface area contributed by atoms with Crippen LogP contribution in [-0.2, 0) is 16.0 Å². The van der Waals surface area contributed by atoms with Crippen molar-refractivity contribution < 1.29 is 14.4 Å². The van der Waals surface area contributed by atoms with E-state index in [0.29, 0.717) is 35.6 Å². The molecule has 2 aliphatic rings. The fraction of sp³-hybridized carbons (Fsp3) is 0.400. The first kappa shape index (κ1) is 21.9. The molecule has 168 valence electrons. The number of nitrogens with one attached hydrogen (secondary N) is 2. The second-order valence-electron chi connectivity index (χ2n) is 8.79. The molecule has 32 heavy (non-hydrogen) atoms. The lowest BCUT2D eigenvalue weighted by Crippen LogP contribution is -2.42. The van der Waals surface area contributed by atoms with Crippen molar-refractivity contribution >= 4 is 34.8 Å². The van der Waals surface area contributed by atoms with Crippen LogP contribution < -0.4 is 16.4 Å². The highest BCUT2D eigenvalue weighted by Gasteiger charge is 2.29. The topological polar surface area (TPSA) is 105 Å². The maximum Gasteiger partial charge on any atom is 0.255 e. The highest BCUT2D eigenvalue weighted by atomic mass is 16.2. The van der Waals surface area contributed by atoms with Gasteiger partial charge in [-0.25, -0.2) is 0 Å². The summed E-state index contributed by atoms with van der Waals surface area (Å²) in [6.45, 7) is 2.33. The molecule has 4 rings (SSSR count). The van der Waals surface area contributed by atoms with Gasteiger partial charge in [0.05, 0.1) is 11.4 Å². The number of hydrogen-bond acceptors (Lipinski definition) is 4. The molecular formula is C25H30N4O3. The third-order valence-electron chi connectivity index (χ3n) is 6.28. The number of nitrogen functional groups attached to an aromatic ring is 1. The number of carbonyl (C=O) groups is 3. The van der Waals surface area contributed by atoms with E-state index in [4.69, 9.17) is 5.73 Å². The summed E-state index contributed by atoms with van der Waals surface area (Å²) in [6.07, 6.45) is 6.09. The van der Waals surface area contributed by atoms with Crippen molar-refractivity contribution in [2.45, 2.75) is 51.5 Å². The Kier molecular flexibility index (Phi) is 6.44. The van der Waals surface area contributed by atoms with Gasteiger partial charge in [0.25, 0.3) is 5.91 Å². The Morgan fingerprint density at radius 2 is 1.88 bits per heavy atom. The minimum atomic E-state index is -0.525. The Morgan fingerprint density at radius 3 is 2.53 bits per heavy atom. The van der Waals surface area contributed by atoms with E-state index in [-0.39, 0.29) is 17.7 Å². The maximum atomic E-state index is 12.7. The molecule has 0 radical (unpaired) electrons. The zero-order valence-corrected chi connectivity index (χ0v) is 18.4. The predicted molar refractivity (Wildman–Crippen MR) is 125 cm³/mol. The molecule has 0 spiro atoms. The molecule has 4 N–H and O–H groups in total. The Hall–Kier alpha value is -3.35. The molecule has 1 aliphatic carbocycles. The molecule has 7 nitrogen and oxygen atoms in total. The van der Waals surface area contributed by atoms with E-state index in [9.17, 15) is 14.4 Å². The van der Waals surface area contributed by atoms with Crippen LogP contribution in [0.4, 0.5) is 17.1 Å². The summed E-state index contributed by atoms with van der Waals surface area (Å²) in [6, 6.07) is 12.0. The highest BCUT2D eigenvalue weighted by Crippen LogP contribution is 2.34. The summed E-state index contributed by atoms with van der Waals surface area (Å²) in [4.78, 5) is 38.6. The maximum absolute atomic E-state index is 12.7. The van der Waals surface area contributed by atoms with E-state index in [0.717, 1.165) is 18.8 Å². The molecule has 2 aromatic carbocycles. The van der Waals surface area contributed by atoms with Crippen LogP contribution in [0.1, 0.15) is 54.9 Å². The van der Waals surface area contributed by atoms with Crippen LogP contribution >= 0.6 is 0 Å². The highest BCUT2D eigenvalue weighted by molar-refractivity contribution is 6.06. The Labute approximate surface area is 188 Å². The van der Waals surface area contributed by atoms with Crippen LogP contribution in [-0.4, -0.2) is 35.2 Å². The molecule has 1 aliphatic heterocycles. The molecule has 1 unspecified atom stereocenters. The van der Waals surface area contributed by atoms with Crippen LogP contribution in [0.15, 0.2) is 42.5 Å². The Morgan fingerprint density at radius 1 is 1.12 bits per heavy atom. The van der Waals surface area contributed by atoms with Crippen molar-refractivity contribution in [3.05, 3.63) is 53.6 Å². The molecule has 1 heterocycles. The zero-order valence-electron chi connectivity index (χ0n) is 18.4. The van der Waals surface area contributed by atoms with Crippen molar-refractivity contribution in [2.75, 3.05) is 22.9 Å². The second kappa shape index (κ2) is 9.42. The van der Waals surface area contributed by atoms with Crippen LogP contribution in [0.2, 0.25) is 0 Å². The zero-order chi connectivity index (χ0) is 22.7. The number of hydrogen-bond donors (Lipinski definition) is 3. The van der Waals surface area contributed by atoms with Crippen LogP contribution in [0, 0.1) is 5.92 Å². The van der Waals surface area contributed by atoms with Crippen LogP contribution in [0.25, 0.3) is 0 Å². The number of benzene rings is 2. The first-order valence-electron chi connectivity index (χ1n) is 11.3. The normalized spacial score (nSPS) is 16.7. The van der Waals surface area contributed by atoms with Gasteiger partial charge in [0.1, 0.15) is 6.04 Å². The molecule has 1 atom stereocenters. The number of carbonyl (C=O) groups excluding carboxylic acids is 3. The fourth-order valence-electron chi connectivity index (χ4n) is 4.01. The fourth-order valence-corrected chi connectivity index (χ4v) is 4.01. The first-order chi connectivity index (χ1) is 15.4. The van der Waals surface area contributed by atoms with Gasteiger partial charge in [-0.2, -0.15) is 0 Å². The van der Waals surface area contributed by atoms with Crippen LogP contribution in [0.3, 0.4) is 0 Å². The number of likely N-dealkylation sites (tertiary alicyclic amines) is 1. The summed E-state index contributed by atoms with van der Waals surface area (Å²) in [5.41, 5.74) is 9.42. The molecule has 2 fully saturated rings. The quantitative estimate of drug-likeness (QED) is 0.550. The second-order valence-corrected chi connectivity index (χ2v) is 8.79. The van der Waals surface area contributed by atoms with E-state index in [1.54, 1.807) is 36.1 Å². The SMILES string of the molecule is CC(C(=O)Nc1ccc(C(=O)Nc2cc(CCC3CC3)ccc2N)cc1)N1CCCC1=O. The third-order valence-corrected chi connectivity index (χ3v) is 6.28. The van der Waals surface area contributed by atoms with Crippen molar-refractivity contribution in [1.82, 2.24) is 4.90 Å². The number of rotatable bonds is 8. The summed E-state index contributed by atoms with van der Waals surface area (Å²) in [7, 11) is 0. The van der Waals surface area contributed by atoms with Gasteiger partial charge < -0.3 is 21.3 Å². The summed E-state index contributed by atoms with van der Waals surface area (Å²) < 4.78 is 0. The molecule has 0 aromatic heterocycles.